The summed E-state index contributed by atoms with van der Waals surface area (Å²) in [7, 11) is -3.81. The highest BCUT2D eigenvalue weighted by Crippen LogP contribution is 2.32. The highest BCUT2D eigenvalue weighted by atomic mass is 35.5. The molecule has 2 aromatic carbocycles. The van der Waals surface area contributed by atoms with Gasteiger partial charge in [-0.15, -0.1) is 0 Å². The number of benzene rings is 2. The number of carbonyl (C=O) groups is 1. The first-order valence-electron chi connectivity index (χ1n) is 6.73. The standard InChI is InChI=1S/C15H13Cl3N2O3S/c1-9(20-24(22,23)10-5-3-2-4-6-10)15(21)19-14-8-12(17)11(16)7-13(14)18/h2-9,20H,1H3,(H,19,21)/t9-/m1/s1. The number of rotatable bonds is 5. The maximum absolute atomic E-state index is 12.2. The fraction of sp³-hybridized carbons (Fsp3) is 0.133. The first-order valence-corrected chi connectivity index (χ1v) is 9.35. The number of amides is 1. The summed E-state index contributed by atoms with van der Waals surface area (Å²) in [5.74, 6) is -0.588. The van der Waals surface area contributed by atoms with Crippen molar-refractivity contribution in [2.24, 2.45) is 0 Å². The fourth-order valence-electron chi connectivity index (χ4n) is 1.81. The summed E-state index contributed by atoms with van der Waals surface area (Å²) in [6, 6.07) is 9.50. The highest BCUT2D eigenvalue weighted by molar-refractivity contribution is 7.89. The second-order valence-corrected chi connectivity index (χ2v) is 7.83. The molecule has 2 aromatic rings. The number of anilines is 1. The van der Waals surface area contributed by atoms with Crippen LogP contribution in [0, 0.1) is 0 Å². The van der Waals surface area contributed by atoms with Crippen molar-refractivity contribution >= 4 is 56.4 Å². The fourth-order valence-corrected chi connectivity index (χ4v) is 3.63. The molecule has 0 heterocycles. The Kier molecular flexibility index (Phi) is 6.11. The van der Waals surface area contributed by atoms with E-state index in [-0.39, 0.29) is 25.7 Å². The molecule has 1 amide bonds. The molecule has 0 fully saturated rings. The van der Waals surface area contributed by atoms with Gasteiger partial charge in [-0.3, -0.25) is 4.79 Å². The quantitative estimate of drug-likeness (QED) is 0.737. The van der Waals surface area contributed by atoms with E-state index in [0.717, 1.165) is 0 Å². The molecule has 9 heteroatoms. The zero-order valence-electron chi connectivity index (χ0n) is 12.4. The van der Waals surface area contributed by atoms with Gasteiger partial charge in [-0.25, -0.2) is 8.42 Å². The molecule has 5 nitrogen and oxygen atoms in total. The van der Waals surface area contributed by atoms with Crippen LogP contribution in [-0.2, 0) is 14.8 Å². The monoisotopic (exact) mass is 406 g/mol. The van der Waals surface area contributed by atoms with Crippen LogP contribution in [0.5, 0.6) is 0 Å². The van der Waals surface area contributed by atoms with Crippen LogP contribution in [0.3, 0.4) is 0 Å². The Hall–Kier alpha value is -1.31. The van der Waals surface area contributed by atoms with E-state index in [9.17, 15) is 13.2 Å². The average molecular weight is 408 g/mol. The van der Waals surface area contributed by atoms with Crippen molar-refractivity contribution in [3.63, 3.8) is 0 Å². The maximum atomic E-state index is 12.2. The van der Waals surface area contributed by atoms with Crippen LogP contribution in [-0.4, -0.2) is 20.4 Å². The van der Waals surface area contributed by atoms with Crippen LogP contribution in [0.2, 0.25) is 15.1 Å². The SMILES string of the molecule is C[C@@H](NS(=O)(=O)c1ccccc1)C(=O)Nc1cc(Cl)c(Cl)cc1Cl. The molecule has 0 spiro atoms. The molecule has 0 bridgehead atoms. The van der Waals surface area contributed by atoms with Gasteiger partial charge in [-0.05, 0) is 31.2 Å². The van der Waals surface area contributed by atoms with Crippen molar-refractivity contribution in [3.8, 4) is 0 Å². The van der Waals surface area contributed by atoms with Crippen LogP contribution in [0.15, 0.2) is 47.4 Å². The Balaban J connectivity index is 2.12. The van der Waals surface area contributed by atoms with E-state index in [4.69, 9.17) is 34.8 Å². The van der Waals surface area contributed by atoms with Crippen LogP contribution < -0.4 is 10.0 Å². The Labute approximate surface area is 155 Å². The van der Waals surface area contributed by atoms with Gasteiger partial charge < -0.3 is 5.32 Å². The van der Waals surface area contributed by atoms with Crippen molar-refractivity contribution in [3.05, 3.63) is 57.5 Å². The lowest BCUT2D eigenvalue weighted by atomic mass is 10.3. The lowest BCUT2D eigenvalue weighted by Crippen LogP contribution is -2.41. The second kappa shape index (κ2) is 7.72. The molecule has 0 saturated heterocycles. The molecular weight excluding hydrogens is 395 g/mol. The molecule has 0 aromatic heterocycles. The Morgan fingerprint density at radius 3 is 2.21 bits per heavy atom. The highest BCUT2D eigenvalue weighted by Gasteiger charge is 2.22. The lowest BCUT2D eigenvalue weighted by Gasteiger charge is -2.15. The smallest absolute Gasteiger partial charge is 0.242 e. The summed E-state index contributed by atoms with van der Waals surface area (Å²) < 4.78 is 26.7. The van der Waals surface area contributed by atoms with Gasteiger partial charge in [0.25, 0.3) is 0 Å². The third-order valence-corrected chi connectivity index (χ3v) is 5.64. The van der Waals surface area contributed by atoms with Gasteiger partial charge in [-0.2, -0.15) is 4.72 Å². The molecule has 2 N–H and O–H groups in total. The van der Waals surface area contributed by atoms with Gasteiger partial charge in [0.15, 0.2) is 0 Å². The molecule has 2 rings (SSSR count). The van der Waals surface area contributed by atoms with Gasteiger partial charge >= 0.3 is 0 Å². The molecule has 0 saturated carbocycles. The summed E-state index contributed by atoms with van der Waals surface area (Å²) in [4.78, 5) is 12.3. The zero-order valence-corrected chi connectivity index (χ0v) is 15.5. The molecule has 0 aliphatic heterocycles. The Morgan fingerprint density at radius 2 is 1.58 bits per heavy atom. The topological polar surface area (TPSA) is 75.3 Å². The minimum Gasteiger partial charge on any atom is -0.323 e. The third-order valence-electron chi connectivity index (χ3n) is 3.05. The Morgan fingerprint density at radius 1 is 1.00 bits per heavy atom. The van der Waals surface area contributed by atoms with E-state index in [2.05, 4.69) is 10.0 Å². The normalized spacial score (nSPS) is 12.7. The molecule has 0 aliphatic carbocycles. The van der Waals surface area contributed by atoms with Crippen molar-refractivity contribution in [2.75, 3.05) is 5.32 Å². The van der Waals surface area contributed by atoms with Gasteiger partial charge in [-0.1, -0.05) is 53.0 Å². The second-order valence-electron chi connectivity index (χ2n) is 4.89. The lowest BCUT2D eigenvalue weighted by molar-refractivity contribution is -0.117. The van der Waals surface area contributed by atoms with Crippen LogP contribution >= 0.6 is 34.8 Å². The summed E-state index contributed by atoms with van der Waals surface area (Å²) in [6.45, 7) is 1.42. The van der Waals surface area contributed by atoms with Crippen LogP contribution in [0.25, 0.3) is 0 Å². The van der Waals surface area contributed by atoms with Gasteiger partial charge in [0.05, 0.1) is 31.7 Å². The molecule has 24 heavy (non-hydrogen) atoms. The zero-order chi connectivity index (χ0) is 17.9. The summed E-state index contributed by atoms with van der Waals surface area (Å²) >= 11 is 17.7. The number of hydrogen-bond donors (Lipinski definition) is 2. The van der Waals surface area contributed by atoms with E-state index < -0.39 is 22.0 Å². The minimum atomic E-state index is -3.81. The first kappa shape index (κ1) is 19.0. The molecule has 0 aliphatic rings. The predicted molar refractivity (Wildman–Crippen MR) is 96.3 cm³/mol. The van der Waals surface area contributed by atoms with E-state index in [0.29, 0.717) is 0 Å². The van der Waals surface area contributed by atoms with E-state index in [1.165, 1.54) is 31.2 Å². The summed E-state index contributed by atoms with van der Waals surface area (Å²) in [6.07, 6.45) is 0. The third kappa shape index (κ3) is 4.62. The van der Waals surface area contributed by atoms with Crippen LogP contribution in [0.1, 0.15) is 6.92 Å². The summed E-state index contributed by atoms with van der Waals surface area (Å²) in [5.41, 5.74) is 0.238. The minimum absolute atomic E-state index is 0.0669. The van der Waals surface area contributed by atoms with Gasteiger partial charge in [0.1, 0.15) is 0 Å². The number of halogens is 3. The van der Waals surface area contributed by atoms with Crippen molar-refractivity contribution < 1.29 is 13.2 Å². The van der Waals surface area contributed by atoms with Gasteiger partial charge in [0.2, 0.25) is 15.9 Å². The van der Waals surface area contributed by atoms with Crippen molar-refractivity contribution in [1.82, 2.24) is 4.72 Å². The number of nitrogens with one attached hydrogen (secondary N) is 2. The molecule has 0 unspecified atom stereocenters. The molecule has 0 radical (unpaired) electrons. The Bertz CT molecular complexity index is 858. The van der Waals surface area contributed by atoms with E-state index >= 15 is 0 Å². The maximum Gasteiger partial charge on any atom is 0.242 e. The van der Waals surface area contributed by atoms with Crippen LogP contribution in [0.4, 0.5) is 5.69 Å². The number of carbonyl (C=O) groups excluding carboxylic acids is 1. The first-order chi connectivity index (χ1) is 11.2. The average Bonchev–Trinajstić information content (AvgIpc) is 2.53. The van der Waals surface area contributed by atoms with E-state index in [1.807, 2.05) is 0 Å². The van der Waals surface area contributed by atoms with E-state index in [1.54, 1.807) is 18.2 Å². The number of sulfonamides is 1. The number of hydrogen-bond acceptors (Lipinski definition) is 3. The molecular formula is C15H13Cl3N2O3S. The van der Waals surface area contributed by atoms with Crippen molar-refractivity contribution in [2.45, 2.75) is 17.9 Å². The molecule has 128 valence electrons. The molecule has 1 atom stereocenters. The summed E-state index contributed by atoms with van der Waals surface area (Å²) in [5, 5.41) is 3.17. The van der Waals surface area contributed by atoms with Gasteiger partial charge in [0, 0.05) is 0 Å². The van der Waals surface area contributed by atoms with Crippen molar-refractivity contribution in [1.29, 1.82) is 0 Å². The largest absolute Gasteiger partial charge is 0.323 e. The predicted octanol–water partition coefficient (Wildman–Crippen LogP) is 3.95.